The number of nitrogens with zero attached hydrogens (tertiary/aromatic N) is 2. The molecule has 7 nitrogen and oxygen atoms in total. The zero-order valence-corrected chi connectivity index (χ0v) is 10.9. The molecule has 0 spiro atoms. The molecule has 0 bridgehead atoms. The van der Waals surface area contributed by atoms with Gasteiger partial charge < -0.3 is 10.2 Å². The molecule has 1 atom stereocenters. The molecule has 0 amide bonds. The third-order valence-corrected chi connectivity index (χ3v) is 2.93. The molecule has 19 heavy (non-hydrogen) atoms. The molecule has 1 aromatic rings. The molecule has 0 aliphatic carbocycles. The number of likely N-dealkylation sites (N-methyl/N-ethyl adjacent to an activating group) is 1. The maximum atomic E-state index is 11.3. The molecule has 0 aliphatic heterocycles. The topological polar surface area (TPSA) is 104 Å². The minimum absolute atomic E-state index is 0.0531. The number of halogens is 1. The first-order chi connectivity index (χ1) is 8.88. The Hall–Kier alpha value is -1.70. The van der Waals surface area contributed by atoms with Gasteiger partial charge in [-0.15, -0.1) is 0 Å². The van der Waals surface area contributed by atoms with Crippen LogP contribution >= 0.6 is 11.6 Å². The van der Waals surface area contributed by atoms with E-state index in [1.54, 1.807) is 0 Å². The second-order valence-electron chi connectivity index (χ2n) is 3.91. The lowest BCUT2D eigenvalue weighted by Crippen LogP contribution is -2.33. The lowest BCUT2D eigenvalue weighted by Gasteiger charge is -2.23. The van der Waals surface area contributed by atoms with Crippen LogP contribution in [0.3, 0.4) is 0 Å². The molecule has 0 heterocycles. The second-order valence-corrected chi connectivity index (χ2v) is 4.32. The molecule has 2 N–H and O–H groups in total. The van der Waals surface area contributed by atoms with E-state index in [1.165, 1.54) is 24.1 Å². The molecule has 8 heteroatoms. The number of carboxylic acids is 1. The van der Waals surface area contributed by atoms with Crippen LogP contribution in [0.2, 0.25) is 5.02 Å². The summed E-state index contributed by atoms with van der Waals surface area (Å²) in [6.07, 6.45) is 0. The van der Waals surface area contributed by atoms with Crippen LogP contribution < -0.4 is 0 Å². The molecule has 0 saturated heterocycles. The van der Waals surface area contributed by atoms with Gasteiger partial charge in [0.15, 0.2) is 0 Å². The van der Waals surface area contributed by atoms with Crippen LogP contribution in [0.15, 0.2) is 18.2 Å². The van der Waals surface area contributed by atoms with Crippen molar-refractivity contribution < 1.29 is 19.9 Å². The lowest BCUT2D eigenvalue weighted by atomic mass is 10.0. The number of carboxylic acid groups (broad SMARTS) is 1. The van der Waals surface area contributed by atoms with E-state index < -0.39 is 16.9 Å². The van der Waals surface area contributed by atoms with Crippen LogP contribution in [0.5, 0.6) is 0 Å². The average molecular weight is 289 g/mol. The van der Waals surface area contributed by atoms with E-state index in [2.05, 4.69) is 0 Å². The van der Waals surface area contributed by atoms with Gasteiger partial charge in [-0.05, 0) is 18.7 Å². The standard InChI is InChI=1S/C11H13ClN2O5/c1-13(4-5-15)10(11(16)17)7-2-3-8(12)9(6-7)14(18)19/h2-3,6,10,15H,4-5H2,1H3,(H,16,17). The number of nitro groups is 1. The van der Waals surface area contributed by atoms with Crippen molar-refractivity contribution in [2.75, 3.05) is 20.2 Å². The molecule has 1 unspecified atom stereocenters. The van der Waals surface area contributed by atoms with Gasteiger partial charge in [0.25, 0.3) is 5.69 Å². The highest BCUT2D eigenvalue weighted by atomic mass is 35.5. The fourth-order valence-corrected chi connectivity index (χ4v) is 1.90. The summed E-state index contributed by atoms with van der Waals surface area (Å²) >= 11 is 5.67. The minimum Gasteiger partial charge on any atom is -0.480 e. The first kappa shape index (κ1) is 15.4. The Kier molecular flexibility index (Phi) is 5.22. The van der Waals surface area contributed by atoms with Crippen molar-refractivity contribution >= 4 is 23.3 Å². The maximum Gasteiger partial charge on any atom is 0.325 e. The normalized spacial score (nSPS) is 12.4. The molecular formula is C11H13ClN2O5. The van der Waals surface area contributed by atoms with Crippen molar-refractivity contribution in [3.05, 3.63) is 38.9 Å². The van der Waals surface area contributed by atoms with Gasteiger partial charge in [0.1, 0.15) is 11.1 Å². The van der Waals surface area contributed by atoms with E-state index in [9.17, 15) is 20.0 Å². The number of aliphatic hydroxyl groups excluding tert-OH is 1. The number of rotatable bonds is 6. The number of benzene rings is 1. The molecule has 0 radical (unpaired) electrons. The Morgan fingerprint density at radius 1 is 1.58 bits per heavy atom. The third-order valence-electron chi connectivity index (χ3n) is 2.61. The summed E-state index contributed by atoms with van der Waals surface area (Å²) in [6, 6.07) is 2.76. The third kappa shape index (κ3) is 3.63. The van der Waals surface area contributed by atoms with Gasteiger partial charge in [0, 0.05) is 12.6 Å². The number of hydrogen-bond donors (Lipinski definition) is 2. The quantitative estimate of drug-likeness (QED) is 0.604. The van der Waals surface area contributed by atoms with Crippen LogP contribution in [0, 0.1) is 10.1 Å². The zero-order chi connectivity index (χ0) is 14.6. The average Bonchev–Trinajstić information content (AvgIpc) is 2.31. The lowest BCUT2D eigenvalue weighted by molar-refractivity contribution is -0.384. The van der Waals surface area contributed by atoms with E-state index in [0.717, 1.165) is 6.07 Å². The molecule has 0 saturated carbocycles. The van der Waals surface area contributed by atoms with Crippen LogP contribution in [-0.2, 0) is 4.79 Å². The highest BCUT2D eigenvalue weighted by Crippen LogP contribution is 2.29. The molecule has 1 aromatic carbocycles. The van der Waals surface area contributed by atoms with Crippen LogP contribution in [-0.4, -0.2) is 46.2 Å². The number of aliphatic hydroxyl groups is 1. The van der Waals surface area contributed by atoms with Crippen molar-refractivity contribution in [1.82, 2.24) is 4.90 Å². The van der Waals surface area contributed by atoms with Gasteiger partial charge in [-0.3, -0.25) is 19.8 Å². The predicted octanol–water partition coefficient (Wildman–Crippen LogP) is 1.30. The number of carbonyl (C=O) groups is 1. The van der Waals surface area contributed by atoms with Gasteiger partial charge in [-0.1, -0.05) is 17.7 Å². The van der Waals surface area contributed by atoms with Crippen LogP contribution in [0.25, 0.3) is 0 Å². The van der Waals surface area contributed by atoms with Gasteiger partial charge in [0.2, 0.25) is 0 Å². The Bertz CT molecular complexity index is 494. The molecule has 0 aromatic heterocycles. The van der Waals surface area contributed by atoms with E-state index in [0.29, 0.717) is 0 Å². The van der Waals surface area contributed by atoms with Gasteiger partial charge in [-0.25, -0.2) is 0 Å². The molecule has 0 fully saturated rings. The van der Waals surface area contributed by atoms with Crippen LogP contribution in [0.1, 0.15) is 11.6 Å². The Morgan fingerprint density at radius 2 is 2.21 bits per heavy atom. The van der Waals surface area contributed by atoms with E-state index in [-0.39, 0.29) is 29.4 Å². The van der Waals surface area contributed by atoms with E-state index in [4.69, 9.17) is 16.7 Å². The summed E-state index contributed by atoms with van der Waals surface area (Å²) in [5, 5.41) is 28.8. The van der Waals surface area contributed by atoms with Crippen molar-refractivity contribution in [2.24, 2.45) is 0 Å². The number of aliphatic carboxylic acids is 1. The molecule has 0 aliphatic rings. The van der Waals surface area contributed by atoms with E-state index >= 15 is 0 Å². The summed E-state index contributed by atoms with van der Waals surface area (Å²) in [5.41, 5.74) is -0.109. The molecule has 1 rings (SSSR count). The summed E-state index contributed by atoms with van der Waals surface area (Å²) in [4.78, 5) is 22.8. The highest BCUT2D eigenvalue weighted by Gasteiger charge is 2.26. The second kappa shape index (κ2) is 6.46. The smallest absolute Gasteiger partial charge is 0.325 e. The van der Waals surface area contributed by atoms with Crippen molar-refractivity contribution in [1.29, 1.82) is 0 Å². The first-order valence-corrected chi connectivity index (χ1v) is 5.74. The Balaban J connectivity index is 3.20. The SMILES string of the molecule is CN(CCO)C(C(=O)O)c1ccc(Cl)c([N+](=O)[O-])c1. The van der Waals surface area contributed by atoms with Crippen LogP contribution in [0.4, 0.5) is 5.69 Å². The van der Waals surface area contributed by atoms with E-state index in [1.807, 2.05) is 0 Å². The zero-order valence-electron chi connectivity index (χ0n) is 10.1. The van der Waals surface area contributed by atoms with Gasteiger partial charge in [-0.2, -0.15) is 0 Å². The Morgan fingerprint density at radius 3 is 2.68 bits per heavy atom. The molecular weight excluding hydrogens is 276 g/mol. The van der Waals surface area contributed by atoms with Crippen molar-refractivity contribution in [3.8, 4) is 0 Å². The van der Waals surface area contributed by atoms with Gasteiger partial charge >= 0.3 is 5.97 Å². The number of hydrogen-bond acceptors (Lipinski definition) is 5. The summed E-state index contributed by atoms with van der Waals surface area (Å²) < 4.78 is 0. The largest absolute Gasteiger partial charge is 0.480 e. The first-order valence-electron chi connectivity index (χ1n) is 5.36. The molecule has 104 valence electrons. The van der Waals surface area contributed by atoms with Crippen molar-refractivity contribution in [3.63, 3.8) is 0 Å². The summed E-state index contributed by atoms with van der Waals surface area (Å²) in [5.74, 6) is -1.16. The predicted molar refractivity (Wildman–Crippen MR) is 68.2 cm³/mol. The fraction of sp³-hybridized carbons (Fsp3) is 0.364. The maximum absolute atomic E-state index is 11.3. The number of nitro benzene ring substituents is 1. The Labute approximate surface area is 114 Å². The summed E-state index contributed by atoms with van der Waals surface area (Å²) in [7, 11) is 1.51. The fourth-order valence-electron chi connectivity index (χ4n) is 1.71. The van der Waals surface area contributed by atoms with Gasteiger partial charge in [0.05, 0.1) is 11.5 Å². The minimum atomic E-state index is -1.16. The summed E-state index contributed by atoms with van der Waals surface area (Å²) in [6.45, 7) is -0.0800. The highest BCUT2D eigenvalue weighted by molar-refractivity contribution is 6.32. The van der Waals surface area contributed by atoms with Crippen molar-refractivity contribution in [2.45, 2.75) is 6.04 Å². The monoisotopic (exact) mass is 288 g/mol.